The van der Waals surface area contributed by atoms with Crippen LogP contribution >= 0.6 is 39.7 Å². The summed E-state index contributed by atoms with van der Waals surface area (Å²) >= 11 is 14.7. The maximum Gasteiger partial charge on any atom is 0.258 e. The largest absolute Gasteiger partial charge is 0.436 e. The van der Waals surface area contributed by atoms with Crippen LogP contribution in [-0.2, 0) is 0 Å². The predicted molar refractivity (Wildman–Crippen MR) is 141 cm³/mol. The number of halogens is 2. The van der Waals surface area contributed by atoms with Crippen molar-refractivity contribution in [2.45, 2.75) is 26.2 Å². The second-order valence-corrected chi connectivity index (χ2v) is 9.40. The molecule has 2 N–H and O–H groups in total. The van der Waals surface area contributed by atoms with E-state index in [1.165, 1.54) is 5.56 Å². The molecule has 0 spiro atoms. The van der Waals surface area contributed by atoms with Gasteiger partial charge in [-0.3, -0.25) is 10.1 Å². The van der Waals surface area contributed by atoms with E-state index in [4.69, 9.17) is 28.2 Å². The average Bonchev–Trinajstić information content (AvgIpc) is 3.23. The van der Waals surface area contributed by atoms with Crippen molar-refractivity contribution in [2.75, 3.05) is 5.32 Å². The topological polar surface area (TPSA) is 67.2 Å². The van der Waals surface area contributed by atoms with Gasteiger partial charge in [0.05, 0.1) is 10.6 Å². The van der Waals surface area contributed by atoms with Crippen LogP contribution in [0.3, 0.4) is 0 Å². The van der Waals surface area contributed by atoms with Crippen molar-refractivity contribution in [1.29, 1.82) is 0 Å². The summed E-state index contributed by atoms with van der Waals surface area (Å²) in [5.41, 5.74) is 4.76. The van der Waals surface area contributed by atoms with Gasteiger partial charge >= 0.3 is 0 Å². The van der Waals surface area contributed by atoms with Gasteiger partial charge in [0.1, 0.15) is 5.52 Å². The summed E-state index contributed by atoms with van der Waals surface area (Å²) in [6.07, 6.45) is 1.07. The third-order valence-electron chi connectivity index (χ3n) is 5.38. The maximum absolute atomic E-state index is 12.5. The highest BCUT2D eigenvalue weighted by atomic mass is 79.9. The number of oxazole rings is 1. The Kier molecular flexibility index (Phi) is 7.12. The highest BCUT2D eigenvalue weighted by Gasteiger charge is 2.14. The molecule has 0 aliphatic carbocycles. The smallest absolute Gasteiger partial charge is 0.258 e. The molecule has 0 saturated heterocycles. The van der Waals surface area contributed by atoms with Crippen LogP contribution in [0, 0.1) is 0 Å². The first kappa shape index (κ1) is 23.4. The van der Waals surface area contributed by atoms with Crippen LogP contribution < -0.4 is 10.6 Å². The van der Waals surface area contributed by atoms with Crippen LogP contribution in [0.1, 0.15) is 42.1 Å². The number of hydrogen-bond donors (Lipinski definition) is 2. The van der Waals surface area contributed by atoms with E-state index in [-0.39, 0.29) is 5.11 Å². The van der Waals surface area contributed by atoms with Crippen molar-refractivity contribution in [2.24, 2.45) is 0 Å². The van der Waals surface area contributed by atoms with E-state index in [2.05, 4.69) is 57.5 Å². The Balaban J connectivity index is 1.44. The Morgan fingerprint density at radius 2 is 1.91 bits per heavy atom. The summed E-state index contributed by atoms with van der Waals surface area (Å²) in [5, 5.41) is 6.16. The molecule has 0 saturated carbocycles. The van der Waals surface area contributed by atoms with Crippen LogP contribution in [0.4, 0.5) is 5.69 Å². The van der Waals surface area contributed by atoms with Crippen LogP contribution in [0.25, 0.3) is 22.6 Å². The van der Waals surface area contributed by atoms with Crippen LogP contribution in [0.5, 0.6) is 0 Å². The molecular weight excluding hydrogens is 522 g/mol. The molecule has 4 aromatic rings. The van der Waals surface area contributed by atoms with E-state index in [1.54, 1.807) is 18.2 Å². The number of amides is 1. The minimum atomic E-state index is -0.390. The van der Waals surface area contributed by atoms with Gasteiger partial charge in [0.25, 0.3) is 5.91 Å². The lowest BCUT2D eigenvalue weighted by Gasteiger charge is -2.11. The van der Waals surface area contributed by atoms with Crippen LogP contribution in [-0.4, -0.2) is 16.0 Å². The SMILES string of the molecule is CCC(C)c1ccc2oc(-c3ccc(NC(=S)NC(=O)c4cc(Br)ccc4Cl)cc3)nc2c1. The Labute approximate surface area is 210 Å². The van der Waals surface area contributed by atoms with Crippen molar-refractivity contribution in [1.82, 2.24) is 10.3 Å². The molecular formula is C25H21BrClN3O2S. The lowest BCUT2D eigenvalue weighted by atomic mass is 9.98. The number of rotatable bonds is 5. The highest BCUT2D eigenvalue weighted by Crippen LogP contribution is 2.28. The molecule has 0 fully saturated rings. The number of benzene rings is 3. The summed E-state index contributed by atoms with van der Waals surface area (Å²) in [6.45, 7) is 4.37. The summed E-state index contributed by atoms with van der Waals surface area (Å²) in [5.74, 6) is 0.639. The minimum Gasteiger partial charge on any atom is -0.436 e. The number of carbonyl (C=O) groups is 1. The molecule has 8 heteroatoms. The zero-order valence-electron chi connectivity index (χ0n) is 18.0. The predicted octanol–water partition coefficient (Wildman–Crippen LogP) is 7.55. The van der Waals surface area contributed by atoms with Crippen molar-refractivity contribution >= 4 is 67.6 Å². The van der Waals surface area contributed by atoms with E-state index < -0.39 is 5.91 Å². The molecule has 1 unspecified atom stereocenters. The molecule has 168 valence electrons. The van der Waals surface area contributed by atoms with E-state index in [9.17, 15) is 4.79 Å². The molecule has 1 amide bonds. The Morgan fingerprint density at radius 1 is 1.15 bits per heavy atom. The van der Waals surface area contributed by atoms with Crippen molar-refractivity contribution in [3.63, 3.8) is 0 Å². The van der Waals surface area contributed by atoms with Crippen LogP contribution in [0.15, 0.2) is 69.6 Å². The summed E-state index contributed by atoms with van der Waals surface area (Å²) < 4.78 is 6.69. The number of hydrogen-bond acceptors (Lipinski definition) is 4. The van der Waals surface area contributed by atoms with Crippen molar-refractivity contribution in [3.05, 3.63) is 81.3 Å². The van der Waals surface area contributed by atoms with Gasteiger partial charge in [0.2, 0.25) is 5.89 Å². The van der Waals surface area contributed by atoms with Crippen molar-refractivity contribution < 1.29 is 9.21 Å². The molecule has 0 radical (unpaired) electrons. The molecule has 0 bridgehead atoms. The van der Waals surface area contributed by atoms with E-state index in [0.29, 0.717) is 22.4 Å². The van der Waals surface area contributed by atoms with Gasteiger partial charge < -0.3 is 9.73 Å². The normalized spacial score (nSPS) is 11.9. The quantitative estimate of drug-likeness (QED) is 0.255. The van der Waals surface area contributed by atoms with Gasteiger partial charge in [-0.15, -0.1) is 0 Å². The van der Waals surface area contributed by atoms with E-state index in [1.807, 2.05) is 30.3 Å². The number of nitrogens with zero attached hydrogens (tertiary/aromatic N) is 1. The fourth-order valence-corrected chi connectivity index (χ4v) is 4.09. The van der Waals surface area contributed by atoms with E-state index in [0.717, 1.165) is 33.2 Å². The standard InChI is InChI=1S/C25H21BrClN3O2S/c1-3-14(2)16-6-11-22-21(12-16)29-24(32-22)15-4-8-18(9-5-15)28-25(33)30-23(31)19-13-17(26)7-10-20(19)27/h4-14H,3H2,1-2H3,(H2,28,30,31,33). The lowest BCUT2D eigenvalue weighted by molar-refractivity contribution is 0.0978. The summed E-state index contributed by atoms with van der Waals surface area (Å²) in [7, 11) is 0. The number of fused-ring (bicyclic) bond motifs is 1. The van der Waals surface area contributed by atoms with Gasteiger partial charge in [0, 0.05) is 15.7 Å². The Bertz CT molecular complexity index is 1340. The van der Waals surface area contributed by atoms with Gasteiger partial charge in [0.15, 0.2) is 10.7 Å². The average molecular weight is 543 g/mol. The number of anilines is 1. The second-order valence-electron chi connectivity index (χ2n) is 7.67. The lowest BCUT2D eigenvalue weighted by Crippen LogP contribution is -2.34. The number of aromatic nitrogens is 1. The van der Waals surface area contributed by atoms with E-state index >= 15 is 0 Å². The molecule has 1 heterocycles. The first-order valence-corrected chi connectivity index (χ1v) is 12.0. The fourth-order valence-electron chi connectivity index (χ4n) is 3.31. The van der Waals surface area contributed by atoms with Crippen LogP contribution in [0.2, 0.25) is 5.02 Å². The van der Waals surface area contributed by atoms with Gasteiger partial charge in [-0.1, -0.05) is 47.4 Å². The molecule has 5 nitrogen and oxygen atoms in total. The molecule has 1 aromatic heterocycles. The molecule has 0 aliphatic heterocycles. The zero-order valence-corrected chi connectivity index (χ0v) is 21.1. The molecule has 4 rings (SSSR count). The Morgan fingerprint density at radius 3 is 2.64 bits per heavy atom. The number of carbonyl (C=O) groups excluding carboxylic acids is 1. The molecule has 1 atom stereocenters. The maximum atomic E-state index is 12.5. The number of thiocarbonyl (C=S) groups is 1. The molecule has 3 aromatic carbocycles. The monoisotopic (exact) mass is 541 g/mol. The first-order valence-electron chi connectivity index (χ1n) is 10.4. The second kappa shape index (κ2) is 10.0. The third kappa shape index (κ3) is 5.43. The summed E-state index contributed by atoms with van der Waals surface area (Å²) in [6, 6.07) is 18.7. The van der Waals surface area contributed by atoms with Gasteiger partial charge in [-0.2, -0.15) is 0 Å². The zero-order chi connectivity index (χ0) is 23.5. The van der Waals surface area contributed by atoms with Crippen molar-refractivity contribution in [3.8, 4) is 11.5 Å². The molecule has 33 heavy (non-hydrogen) atoms. The summed E-state index contributed by atoms with van der Waals surface area (Å²) in [4.78, 5) is 17.1. The fraction of sp³-hybridized carbons (Fsp3) is 0.160. The number of nitrogens with one attached hydrogen (secondary N) is 2. The van der Waals surface area contributed by atoms with Gasteiger partial charge in [-0.05, 0) is 84.7 Å². The third-order valence-corrected chi connectivity index (χ3v) is 6.41. The highest BCUT2D eigenvalue weighted by molar-refractivity contribution is 9.10. The Hall–Kier alpha value is -2.74. The van der Waals surface area contributed by atoms with Gasteiger partial charge in [-0.25, -0.2) is 4.98 Å². The molecule has 0 aliphatic rings. The first-order chi connectivity index (χ1) is 15.8. The minimum absolute atomic E-state index is 0.170.